The monoisotopic (exact) mass is 472 g/mol. The molecule has 0 aliphatic carbocycles. The van der Waals surface area contributed by atoms with E-state index in [4.69, 9.17) is 0 Å². The van der Waals surface area contributed by atoms with Crippen molar-refractivity contribution in [2.24, 2.45) is 5.92 Å². The summed E-state index contributed by atoms with van der Waals surface area (Å²) in [7, 11) is -3.14. The molecule has 7 nitrogen and oxygen atoms in total. The van der Waals surface area contributed by atoms with Crippen LogP contribution in [0.3, 0.4) is 0 Å². The highest BCUT2D eigenvalue weighted by molar-refractivity contribution is 7.91. The molecule has 0 radical (unpaired) electrons. The van der Waals surface area contributed by atoms with Gasteiger partial charge in [-0.05, 0) is 37.8 Å². The van der Waals surface area contributed by atoms with Crippen LogP contribution in [0.5, 0.6) is 5.75 Å². The van der Waals surface area contributed by atoms with Crippen LogP contribution in [-0.4, -0.2) is 73.8 Å². The zero-order valence-corrected chi connectivity index (χ0v) is 19.0. The lowest BCUT2D eigenvalue weighted by Gasteiger charge is -2.37. The largest absolute Gasteiger partial charge is 0.434 e. The molecule has 1 aromatic carbocycles. The van der Waals surface area contributed by atoms with Crippen LogP contribution in [0.1, 0.15) is 49.4 Å². The van der Waals surface area contributed by atoms with Crippen LogP contribution in [-0.2, 0) is 14.6 Å². The molecule has 0 spiro atoms. The summed E-state index contributed by atoms with van der Waals surface area (Å²) in [5, 5.41) is 0. The van der Waals surface area contributed by atoms with Gasteiger partial charge < -0.3 is 14.5 Å². The summed E-state index contributed by atoms with van der Waals surface area (Å²) in [6.07, 6.45) is 3.28. The van der Waals surface area contributed by atoms with E-state index in [0.29, 0.717) is 32.4 Å². The maximum Gasteiger partial charge on any atom is 0.387 e. The lowest BCUT2D eigenvalue weighted by molar-refractivity contribution is -0.139. The number of likely N-dealkylation sites (tertiary alicyclic amines) is 1. The predicted octanol–water partition coefficient (Wildman–Crippen LogP) is 2.96. The van der Waals surface area contributed by atoms with Crippen molar-refractivity contribution in [1.29, 1.82) is 0 Å². The molecule has 2 fully saturated rings. The van der Waals surface area contributed by atoms with E-state index in [1.807, 2.05) is 6.92 Å². The molecule has 10 heteroatoms. The first kappa shape index (κ1) is 24.4. The van der Waals surface area contributed by atoms with E-state index >= 15 is 0 Å². The molecule has 3 rings (SSSR count). The van der Waals surface area contributed by atoms with E-state index in [0.717, 1.165) is 12.8 Å². The number of carbonyl (C=O) groups excluding carboxylic acids is 2. The van der Waals surface area contributed by atoms with Crippen LogP contribution in [0.4, 0.5) is 8.78 Å². The summed E-state index contributed by atoms with van der Waals surface area (Å²) < 4.78 is 53.9. The number of sulfone groups is 1. The van der Waals surface area contributed by atoms with E-state index in [-0.39, 0.29) is 41.3 Å². The topological polar surface area (TPSA) is 84.0 Å². The van der Waals surface area contributed by atoms with Gasteiger partial charge in [-0.25, -0.2) is 8.42 Å². The van der Waals surface area contributed by atoms with Crippen LogP contribution in [0.2, 0.25) is 0 Å². The van der Waals surface area contributed by atoms with Gasteiger partial charge in [0.15, 0.2) is 9.84 Å². The van der Waals surface area contributed by atoms with Crippen molar-refractivity contribution in [1.82, 2.24) is 9.80 Å². The molecule has 2 unspecified atom stereocenters. The minimum absolute atomic E-state index is 0.0177. The van der Waals surface area contributed by atoms with Crippen LogP contribution in [0.25, 0.3) is 0 Å². The van der Waals surface area contributed by atoms with Crippen molar-refractivity contribution in [3.05, 3.63) is 29.8 Å². The first-order chi connectivity index (χ1) is 15.2. The number of halogens is 2. The third-order valence-electron chi connectivity index (χ3n) is 6.08. The summed E-state index contributed by atoms with van der Waals surface area (Å²) in [4.78, 5) is 29.6. The number of hydrogen-bond acceptors (Lipinski definition) is 5. The average Bonchev–Trinajstić information content (AvgIpc) is 3.13. The summed E-state index contributed by atoms with van der Waals surface area (Å²) in [6, 6.07) is 5.51. The molecule has 2 amide bonds. The lowest BCUT2D eigenvalue weighted by atomic mass is 9.94. The van der Waals surface area contributed by atoms with Gasteiger partial charge in [0, 0.05) is 25.7 Å². The fourth-order valence-corrected chi connectivity index (χ4v) is 6.16. The number of ether oxygens (including phenoxy) is 1. The Bertz CT molecular complexity index is 925. The van der Waals surface area contributed by atoms with Crippen LogP contribution in [0.15, 0.2) is 24.3 Å². The molecule has 0 saturated carbocycles. The molecule has 2 saturated heterocycles. The van der Waals surface area contributed by atoms with Gasteiger partial charge in [0.2, 0.25) is 5.91 Å². The molecular weight excluding hydrogens is 442 g/mol. The zero-order valence-electron chi connectivity index (χ0n) is 18.2. The molecular formula is C22H30F2N2O5S. The predicted molar refractivity (Wildman–Crippen MR) is 115 cm³/mol. The quantitative estimate of drug-likeness (QED) is 0.581. The van der Waals surface area contributed by atoms with E-state index in [1.54, 1.807) is 11.0 Å². The second-order valence-electron chi connectivity index (χ2n) is 8.41. The molecule has 178 valence electrons. The molecule has 2 aliphatic heterocycles. The molecule has 32 heavy (non-hydrogen) atoms. The van der Waals surface area contributed by atoms with Gasteiger partial charge in [-0.15, -0.1) is 0 Å². The third kappa shape index (κ3) is 5.96. The van der Waals surface area contributed by atoms with Gasteiger partial charge >= 0.3 is 6.61 Å². The van der Waals surface area contributed by atoms with Crippen molar-refractivity contribution < 1.29 is 31.5 Å². The number of benzene rings is 1. The van der Waals surface area contributed by atoms with Crippen LogP contribution in [0, 0.1) is 5.92 Å². The van der Waals surface area contributed by atoms with Crippen molar-refractivity contribution in [2.75, 3.05) is 31.1 Å². The molecule has 0 N–H and O–H groups in total. The molecule has 2 aliphatic rings. The summed E-state index contributed by atoms with van der Waals surface area (Å²) in [5.74, 6) is -1.16. The number of amides is 2. The maximum absolute atomic E-state index is 13.4. The minimum atomic E-state index is -3.14. The Morgan fingerprint density at radius 2 is 2.00 bits per heavy atom. The first-order valence-corrected chi connectivity index (χ1v) is 12.9. The maximum atomic E-state index is 13.4. The SMILES string of the molecule is CCCCN(C(=O)C1CCCN(C(=O)c2ccccc2OC(F)F)C1)C1CCS(=O)(=O)C1. The average molecular weight is 473 g/mol. The van der Waals surface area contributed by atoms with E-state index < -0.39 is 28.3 Å². The second kappa shape index (κ2) is 10.6. The highest BCUT2D eigenvalue weighted by Gasteiger charge is 2.38. The summed E-state index contributed by atoms with van der Waals surface area (Å²) in [5.41, 5.74) is 0.0330. The first-order valence-electron chi connectivity index (χ1n) is 11.1. The number of unbranched alkanes of at least 4 members (excludes halogenated alkanes) is 1. The normalized spacial score (nSPS) is 22.7. The second-order valence-corrected chi connectivity index (χ2v) is 10.6. The smallest absolute Gasteiger partial charge is 0.387 e. The van der Waals surface area contributed by atoms with Crippen molar-refractivity contribution in [2.45, 2.75) is 51.7 Å². The Morgan fingerprint density at radius 1 is 1.25 bits per heavy atom. The minimum Gasteiger partial charge on any atom is -0.434 e. The fraction of sp³-hybridized carbons (Fsp3) is 0.636. The number of rotatable bonds is 8. The molecule has 2 heterocycles. The number of carbonyl (C=O) groups is 2. The molecule has 0 bridgehead atoms. The van der Waals surface area contributed by atoms with Crippen molar-refractivity contribution in [3.8, 4) is 5.75 Å². The number of hydrogen-bond donors (Lipinski definition) is 0. The van der Waals surface area contributed by atoms with Gasteiger partial charge in [-0.3, -0.25) is 9.59 Å². The molecule has 0 aromatic heterocycles. The van der Waals surface area contributed by atoms with Crippen molar-refractivity contribution in [3.63, 3.8) is 0 Å². The molecule has 1 aromatic rings. The Labute approximate surface area is 187 Å². The number of alkyl halides is 2. The lowest BCUT2D eigenvalue weighted by Crippen LogP contribution is -2.50. The Morgan fingerprint density at radius 3 is 2.66 bits per heavy atom. The zero-order chi connectivity index (χ0) is 23.3. The van der Waals surface area contributed by atoms with Gasteiger partial charge in [0.25, 0.3) is 5.91 Å². The highest BCUT2D eigenvalue weighted by atomic mass is 32.2. The Hall–Kier alpha value is -2.23. The van der Waals surface area contributed by atoms with Gasteiger partial charge in [-0.2, -0.15) is 8.78 Å². The standard InChI is InChI=1S/C22H30F2N2O5S/c1-2-3-12-26(17-10-13-32(29,30)15-17)20(27)16-7-6-11-25(14-16)21(28)18-8-4-5-9-19(18)31-22(23)24/h4-5,8-9,16-17,22H,2-3,6-7,10-15H2,1H3. The van der Waals surface area contributed by atoms with Gasteiger partial charge in [0.05, 0.1) is 23.0 Å². The van der Waals surface area contributed by atoms with Crippen LogP contribution < -0.4 is 4.74 Å². The van der Waals surface area contributed by atoms with E-state index in [1.165, 1.54) is 23.1 Å². The van der Waals surface area contributed by atoms with Crippen LogP contribution >= 0.6 is 0 Å². The van der Waals surface area contributed by atoms with Gasteiger partial charge in [-0.1, -0.05) is 25.5 Å². The van der Waals surface area contributed by atoms with Gasteiger partial charge in [0.1, 0.15) is 5.75 Å². The molecule has 2 atom stereocenters. The summed E-state index contributed by atoms with van der Waals surface area (Å²) >= 11 is 0. The van der Waals surface area contributed by atoms with E-state index in [9.17, 15) is 26.8 Å². The number of piperidine rings is 1. The summed E-state index contributed by atoms with van der Waals surface area (Å²) in [6.45, 7) is 0.0367. The Balaban J connectivity index is 1.74. The van der Waals surface area contributed by atoms with Crippen molar-refractivity contribution >= 4 is 21.7 Å². The number of nitrogens with zero attached hydrogens (tertiary/aromatic N) is 2. The Kier molecular flexibility index (Phi) is 8.08. The fourth-order valence-electron chi connectivity index (χ4n) is 4.43. The third-order valence-corrected chi connectivity index (χ3v) is 7.83. The highest BCUT2D eigenvalue weighted by Crippen LogP contribution is 2.27. The van der Waals surface area contributed by atoms with E-state index in [2.05, 4.69) is 4.74 Å². The number of para-hydroxylation sites is 1.